The Hall–Kier alpha value is -3.84. The summed E-state index contributed by atoms with van der Waals surface area (Å²) >= 11 is 0. The number of nitrogens with zero attached hydrogens (tertiary/aromatic N) is 6. The average Bonchev–Trinajstić information content (AvgIpc) is 3.21. The van der Waals surface area contributed by atoms with Crippen LogP contribution in [0, 0.1) is 41.5 Å². The van der Waals surface area contributed by atoms with E-state index in [2.05, 4.69) is 207 Å². The van der Waals surface area contributed by atoms with E-state index in [1.807, 2.05) is 0 Å². The van der Waals surface area contributed by atoms with E-state index in [4.69, 9.17) is 0 Å². The molecule has 4 rings (SSSR count). The Labute approximate surface area is 319 Å². The van der Waals surface area contributed by atoms with Crippen molar-refractivity contribution in [1.29, 1.82) is 0 Å². The highest BCUT2D eigenvalue weighted by Gasteiger charge is 2.60. The zero-order chi connectivity index (χ0) is 39.7. The van der Waals surface area contributed by atoms with Crippen LogP contribution in [0.15, 0.2) is 41.0 Å². The molecule has 1 atom stereocenters. The third-order valence-corrected chi connectivity index (χ3v) is 18.9. The maximum absolute atomic E-state index is 3.20. The Bertz CT molecular complexity index is 1780. The third-order valence-electron chi connectivity index (χ3n) is 12.3. The molecular formula is C45H70N6Si. The second-order valence-corrected chi connectivity index (χ2v) is 21.1. The lowest BCUT2D eigenvalue weighted by atomic mass is 10.0. The molecule has 0 heterocycles. The molecule has 0 amide bonds. The predicted octanol–water partition coefficient (Wildman–Crippen LogP) is 7.46. The fraction of sp³-hybridized carbons (Fsp3) is 0.511. The van der Waals surface area contributed by atoms with Gasteiger partial charge in [-0.1, -0.05) is 24.1 Å². The van der Waals surface area contributed by atoms with Crippen LogP contribution in [0.5, 0.6) is 0 Å². The van der Waals surface area contributed by atoms with E-state index >= 15 is 0 Å². The number of aryl methyl sites for hydroxylation is 3. The van der Waals surface area contributed by atoms with Gasteiger partial charge in [0.25, 0.3) is 0 Å². The number of hydrogen-bond acceptors (Lipinski definition) is 6. The number of benzene rings is 3. The van der Waals surface area contributed by atoms with Crippen LogP contribution in [0.25, 0.3) is 0 Å². The van der Waals surface area contributed by atoms with Crippen LogP contribution >= 0.6 is 0 Å². The fourth-order valence-electron chi connectivity index (χ4n) is 10.2. The highest BCUT2D eigenvalue weighted by atomic mass is 28.3. The van der Waals surface area contributed by atoms with E-state index < -0.39 is 8.07 Å². The molecule has 1 unspecified atom stereocenters. The van der Waals surface area contributed by atoms with Crippen LogP contribution in [0.3, 0.4) is 0 Å². The SMILES string of the molecule is CC1=CC(C)([Si](c2c(C)cc(N(C)C)c(N(C)C)c2C)(c2c(C)cc(N(C)C)c(N(C)C)c2C)c2c(C)cc(N(C)C)c(N(C)C)c2C)C(C)=C1C. The number of anilines is 6. The van der Waals surface area contributed by atoms with E-state index in [1.54, 1.807) is 0 Å². The monoisotopic (exact) mass is 723 g/mol. The second kappa shape index (κ2) is 14.2. The molecule has 3 aromatic carbocycles. The van der Waals surface area contributed by atoms with Crippen LogP contribution in [-0.4, -0.2) is 92.6 Å². The Kier molecular flexibility index (Phi) is 11.2. The minimum atomic E-state index is -3.20. The van der Waals surface area contributed by atoms with Gasteiger partial charge in [-0.2, -0.15) is 0 Å². The summed E-state index contributed by atoms with van der Waals surface area (Å²) in [5.74, 6) is 0. The van der Waals surface area contributed by atoms with Crippen molar-refractivity contribution >= 4 is 57.8 Å². The molecule has 52 heavy (non-hydrogen) atoms. The van der Waals surface area contributed by atoms with Gasteiger partial charge in [-0.05, 0) is 135 Å². The molecule has 0 fully saturated rings. The molecule has 1 aliphatic carbocycles. The molecule has 0 radical (unpaired) electrons. The van der Waals surface area contributed by atoms with E-state index in [0.717, 1.165) is 0 Å². The molecule has 3 aromatic rings. The minimum absolute atomic E-state index is 0.280. The van der Waals surface area contributed by atoms with E-state index in [1.165, 1.54) is 99.8 Å². The smallest absolute Gasteiger partial charge is 0.163 e. The van der Waals surface area contributed by atoms with Crippen molar-refractivity contribution in [3.05, 3.63) is 74.4 Å². The number of rotatable bonds is 10. The van der Waals surface area contributed by atoms with E-state index in [-0.39, 0.29) is 5.04 Å². The number of hydrogen-bond donors (Lipinski definition) is 0. The van der Waals surface area contributed by atoms with Crippen molar-refractivity contribution < 1.29 is 0 Å². The van der Waals surface area contributed by atoms with Gasteiger partial charge in [0.1, 0.15) is 0 Å². The Morgan fingerprint density at radius 3 is 0.885 bits per heavy atom. The molecule has 0 saturated carbocycles. The average molecular weight is 723 g/mol. The Balaban J connectivity index is 2.63. The first-order valence-electron chi connectivity index (χ1n) is 18.8. The van der Waals surface area contributed by atoms with Gasteiger partial charge in [-0.15, -0.1) is 0 Å². The van der Waals surface area contributed by atoms with Gasteiger partial charge in [0.05, 0.1) is 34.1 Å². The molecule has 1 aliphatic rings. The summed E-state index contributed by atoms with van der Waals surface area (Å²) in [6.07, 6.45) is 2.68. The fourth-order valence-corrected chi connectivity index (χ4v) is 17.7. The van der Waals surface area contributed by atoms with Crippen LogP contribution in [0.1, 0.15) is 61.1 Å². The first-order chi connectivity index (χ1) is 23.9. The lowest BCUT2D eigenvalue weighted by Gasteiger charge is -2.52. The van der Waals surface area contributed by atoms with Crippen molar-refractivity contribution in [2.24, 2.45) is 0 Å². The quantitative estimate of drug-likeness (QED) is 0.159. The Morgan fingerprint density at radius 1 is 0.423 bits per heavy atom. The summed E-state index contributed by atoms with van der Waals surface area (Å²) in [7, 11) is 23.2. The zero-order valence-electron chi connectivity index (χ0n) is 37.0. The largest absolute Gasteiger partial charge is 0.376 e. The van der Waals surface area contributed by atoms with E-state index in [9.17, 15) is 0 Å². The van der Waals surface area contributed by atoms with Crippen LogP contribution in [0.2, 0.25) is 5.04 Å². The van der Waals surface area contributed by atoms with Crippen LogP contribution in [-0.2, 0) is 0 Å². The zero-order valence-corrected chi connectivity index (χ0v) is 38.0. The maximum Gasteiger partial charge on any atom is 0.163 e. The highest BCUT2D eigenvalue weighted by molar-refractivity contribution is 7.15. The first kappa shape index (κ1) is 40.9. The van der Waals surface area contributed by atoms with Gasteiger partial charge in [0.2, 0.25) is 0 Å². The Morgan fingerprint density at radius 2 is 0.692 bits per heavy atom. The molecule has 6 nitrogen and oxygen atoms in total. The minimum Gasteiger partial charge on any atom is -0.376 e. The molecular weight excluding hydrogens is 653 g/mol. The van der Waals surface area contributed by atoms with Crippen molar-refractivity contribution in [2.45, 2.75) is 74.3 Å². The summed E-state index contributed by atoms with van der Waals surface area (Å²) in [6, 6.07) is 7.45. The molecule has 7 heteroatoms. The maximum atomic E-state index is 2.68. The lowest BCUT2D eigenvalue weighted by Crippen LogP contribution is -2.76. The van der Waals surface area contributed by atoms with Crippen LogP contribution < -0.4 is 45.0 Å². The van der Waals surface area contributed by atoms with Crippen LogP contribution in [0.4, 0.5) is 34.1 Å². The van der Waals surface area contributed by atoms with Crippen molar-refractivity contribution in [3.63, 3.8) is 0 Å². The summed E-state index contributed by atoms with van der Waals surface area (Å²) < 4.78 is 0. The standard InChI is InChI=1S/C45H70N6Si/c1-27-23-36(46(11)12)39(49(17)18)32(6)42(27)52(45(10)26-30(4)31(5)35(45)9,43-28(2)24-37(47(13)14)40(33(43)7)50(19)20)44-29(3)25-38(48(15)16)41(34(44)8)51(21)22/h23-26H,1-22H3. The van der Waals surface area contributed by atoms with Crippen molar-refractivity contribution in [1.82, 2.24) is 0 Å². The van der Waals surface area contributed by atoms with E-state index in [0.29, 0.717) is 0 Å². The predicted molar refractivity (Wildman–Crippen MR) is 239 cm³/mol. The van der Waals surface area contributed by atoms with Gasteiger partial charge < -0.3 is 29.4 Å². The second-order valence-electron chi connectivity index (χ2n) is 17.1. The molecule has 0 bridgehead atoms. The molecule has 284 valence electrons. The topological polar surface area (TPSA) is 19.4 Å². The van der Waals surface area contributed by atoms with Gasteiger partial charge in [0.15, 0.2) is 8.07 Å². The summed E-state index contributed by atoms with van der Waals surface area (Å²) in [5.41, 5.74) is 20.2. The lowest BCUT2D eigenvalue weighted by molar-refractivity contribution is 0.866. The van der Waals surface area contributed by atoms with Crippen molar-refractivity contribution in [2.75, 3.05) is 114 Å². The molecule has 0 N–H and O–H groups in total. The third kappa shape index (κ3) is 5.91. The molecule has 0 spiro atoms. The molecule has 0 aliphatic heterocycles. The van der Waals surface area contributed by atoms with Gasteiger partial charge in [0, 0.05) is 89.6 Å². The first-order valence-corrected chi connectivity index (χ1v) is 20.8. The molecule has 0 saturated heterocycles. The molecule has 0 aromatic heterocycles. The highest BCUT2D eigenvalue weighted by Crippen LogP contribution is 2.55. The van der Waals surface area contributed by atoms with Gasteiger partial charge in [-0.3, -0.25) is 0 Å². The normalized spacial score (nSPS) is 16.0. The summed E-state index contributed by atoms with van der Waals surface area (Å²) in [4.78, 5) is 13.9. The van der Waals surface area contributed by atoms with Gasteiger partial charge >= 0.3 is 0 Å². The summed E-state index contributed by atoms with van der Waals surface area (Å²) in [5, 5.41) is 4.32. The number of allylic oxidation sites excluding steroid dienone is 4. The van der Waals surface area contributed by atoms with Crippen molar-refractivity contribution in [3.8, 4) is 0 Å². The summed E-state index contributed by atoms with van der Waals surface area (Å²) in [6.45, 7) is 24.2. The van der Waals surface area contributed by atoms with Gasteiger partial charge in [-0.25, -0.2) is 0 Å².